The average Bonchev–Trinajstić information content (AvgIpc) is 2.31. The molecule has 88 valence electrons. The first-order valence-electron chi connectivity index (χ1n) is 5.74. The van der Waals surface area contributed by atoms with E-state index in [1.54, 1.807) is 0 Å². The van der Waals surface area contributed by atoms with Gasteiger partial charge in [-0.1, -0.05) is 37.3 Å². The van der Waals surface area contributed by atoms with Gasteiger partial charge in [-0.2, -0.15) is 0 Å². The average molecular weight is 220 g/mol. The first-order chi connectivity index (χ1) is 7.69. The number of hydrogen-bond acceptors (Lipinski definition) is 2. The highest BCUT2D eigenvalue weighted by Gasteiger charge is 2.19. The zero-order valence-electron chi connectivity index (χ0n) is 9.94. The van der Waals surface area contributed by atoms with E-state index in [0.717, 1.165) is 12.0 Å². The molecule has 0 saturated carbocycles. The summed E-state index contributed by atoms with van der Waals surface area (Å²) < 4.78 is 0. The van der Waals surface area contributed by atoms with Crippen LogP contribution in [0.2, 0.25) is 0 Å². The Kier molecular flexibility index (Phi) is 4.99. The van der Waals surface area contributed by atoms with Crippen LogP contribution in [0.5, 0.6) is 0 Å². The molecule has 1 amide bonds. The van der Waals surface area contributed by atoms with Crippen molar-refractivity contribution >= 4 is 5.91 Å². The molecular weight excluding hydrogens is 200 g/mol. The van der Waals surface area contributed by atoms with E-state index in [9.17, 15) is 4.79 Å². The third kappa shape index (κ3) is 3.35. The van der Waals surface area contributed by atoms with Gasteiger partial charge in [0, 0.05) is 12.6 Å². The zero-order chi connectivity index (χ0) is 12.0. The Morgan fingerprint density at radius 1 is 1.38 bits per heavy atom. The molecule has 1 aromatic carbocycles. The number of benzene rings is 1. The second-order valence-corrected chi connectivity index (χ2v) is 4.02. The van der Waals surface area contributed by atoms with Crippen molar-refractivity contribution in [3.8, 4) is 0 Å². The molecule has 0 aromatic heterocycles. The lowest BCUT2D eigenvalue weighted by molar-refractivity contribution is -0.123. The fourth-order valence-corrected chi connectivity index (χ4v) is 1.66. The molecule has 0 bridgehead atoms. The molecule has 0 aliphatic rings. The summed E-state index contributed by atoms with van der Waals surface area (Å²) in [7, 11) is 0. The molecule has 1 unspecified atom stereocenters. The van der Waals surface area contributed by atoms with Crippen LogP contribution in [-0.4, -0.2) is 18.5 Å². The van der Waals surface area contributed by atoms with Crippen molar-refractivity contribution < 1.29 is 4.79 Å². The van der Waals surface area contributed by atoms with E-state index in [1.807, 2.05) is 44.2 Å². The lowest BCUT2D eigenvalue weighted by atomic mass is 9.95. The third-order valence-corrected chi connectivity index (χ3v) is 2.67. The molecular formula is C13H20N2O. The fraction of sp³-hybridized carbons (Fsp3) is 0.462. The number of hydrogen-bond donors (Lipinski definition) is 2. The van der Waals surface area contributed by atoms with Gasteiger partial charge < -0.3 is 11.1 Å². The number of carbonyl (C=O) groups excluding carboxylic acids is 1. The van der Waals surface area contributed by atoms with Gasteiger partial charge in [0.25, 0.3) is 0 Å². The third-order valence-electron chi connectivity index (χ3n) is 2.67. The Balaban J connectivity index is 2.71. The van der Waals surface area contributed by atoms with Crippen molar-refractivity contribution in [2.24, 2.45) is 5.73 Å². The van der Waals surface area contributed by atoms with Gasteiger partial charge in [0.1, 0.15) is 0 Å². The highest BCUT2D eigenvalue weighted by Crippen LogP contribution is 2.19. The summed E-state index contributed by atoms with van der Waals surface area (Å²) in [4.78, 5) is 12.0. The van der Waals surface area contributed by atoms with Crippen molar-refractivity contribution in [1.29, 1.82) is 0 Å². The molecule has 3 nitrogen and oxygen atoms in total. The van der Waals surface area contributed by atoms with Gasteiger partial charge in [-0.3, -0.25) is 4.79 Å². The van der Waals surface area contributed by atoms with Crippen LogP contribution in [0.4, 0.5) is 0 Å². The summed E-state index contributed by atoms with van der Waals surface area (Å²) in [5, 5.41) is 2.92. The summed E-state index contributed by atoms with van der Waals surface area (Å²) >= 11 is 0. The number of nitrogens with two attached hydrogens (primary N) is 1. The second kappa shape index (κ2) is 6.28. The van der Waals surface area contributed by atoms with Gasteiger partial charge in [-0.25, -0.2) is 0 Å². The van der Waals surface area contributed by atoms with Crippen LogP contribution in [0.1, 0.15) is 31.7 Å². The normalized spacial score (nSPS) is 14.2. The van der Waals surface area contributed by atoms with E-state index in [0.29, 0.717) is 6.54 Å². The molecule has 0 spiro atoms. The monoisotopic (exact) mass is 220 g/mol. The van der Waals surface area contributed by atoms with Gasteiger partial charge in [0.05, 0.1) is 5.92 Å². The molecule has 3 N–H and O–H groups in total. The van der Waals surface area contributed by atoms with Crippen molar-refractivity contribution in [2.75, 3.05) is 6.54 Å². The summed E-state index contributed by atoms with van der Waals surface area (Å²) in [6.45, 7) is 4.40. The van der Waals surface area contributed by atoms with Crippen molar-refractivity contribution in [1.82, 2.24) is 5.32 Å². The van der Waals surface area contributed by atoms with Crippen LogP contribution in [0.25, 0.3) is 0 Å². The molecule has 0 aliphatic heterocycles. The van der Waals surface area contributed by atoms with Crippen LogP contribution < -0.4 is 11.1 Å². The van der Waals surface area contributed by atoms with Gasteiger partial charge in [-0.05, 0) is 18.9 Å². The zero-order valence-corrected chi connectivity index (χ0v) is 9.94. The van der Waals surface area contributed by atoms with Gasteiger partial charge in [-0.15, -0.1) is 0 Å². The molecule has 0 radical (unpaired) electrons. The maximum atomic E-state index is 12.0. The first kappa shape index (κ1) is 12.7. The van der Waals surface area contributed by atoms with Crippen LogP contribution >= 0.6 is 0 Å². The quantitative estimate of drug-likeness (QED) is 0.792. The van der Waals surface area contributed by atoms with E-state index in [2.05, 4.69) is 5.32 Å². The van der Waals surface area contributed by atoms with Crippen molar-refractivity contribution in [3.05, 3.63) is 35.9 Å². The highest BCUT2D eigenvalue weighted by molar-refractivity contribution is 5.83. The van der Waals surface area contributed by atoms with E-state index in [4.69, 9.17) is 5.73 Å². The minimum Gasteiger partial charge on any atom is -0.352 e. The van der Waals surface area contributed by atoms with Gasteiger partial charge in [0.15, 0.2) is 0 Å². The topological polar surface area (TPSA) is 55.1 Å². The molecule has 2 atom stereocenters. The largest absolute Gasteiger partial charge is 0.352 e. The summed E-state index contributed by atoms with van der Waals surface area (Å²) in [5.74, 6) is -0.0122. The second-order valence-electron chi connectivity index (χ2n) is 4.02. The maximum Gasteiger partial charge on any atom is 0.227 e. The van der Waals surface area contributed by atoms with E-state index in [1.165, 1.54) is 0 Å². The number of nitrogens with one attached hydrogen (secondary N) is 1. The SMILES string of the molecule is CCC(C(=O)N[C@H](C)CN)c1ccccc1. The highest BCUT2D eigenvalue weighted by atomic mass is 16.1. The lowest BCUT2D eigenvalue weighted by Crippen LogP contribution is -2.40. The smallest absolute Gasteiger partial charge is 0.227 e. The first-order valence-corrected chi connectivity index (χ1v) is 5.74. The van der Waals surface area contributed by atoms with E-state index in [-0.39, 0.29) is 17.9 Å². The van der Waals surface area contributed by atoms with Crippen LogP contribution in [-0.2, 0) is 4.79 Å². The molecule has 0 saturated heterocycles. The Bertz CT molecular complexity index is 324. The molecule has 0 fully saturated rings. The number of carbonyl (C=O) groups is 1. The molecule has 3 heteroatoms. The summed E-state index contributed by atoms with van der Waals surface area (Å²) in [6.07, 6.45) is 0.799. The number of rotatable bonds is 5. The standard InChI is InChI=1S/C13H20N2O/c1-3-12(11-7-5-4-6-8-11)13(16)15-10(2)9-14/h4-8,10,12H,3,9,14H2,1-2H3,(H,15,16)/t10-,12?/m1/s1. The lowest BCUT2D eigenvalue weighted by Gasteiger charge is -2.18. The molecule has 16 heavy (non-hydrogen) atoms. The Labute approximate surface area is 97.0 Å². The van der Waals surface area contributed by atoms with Crippen LogP contribution in [0.3, 0.4) is 0 Å². The number of amides is 1. The predicted octanol–water partition coefficient (Wildman–Crippen LogP) is 1.64. The Hall–Kier alpha value is -1.35. The molecule has 0 heterocycles. The summed E-state index contributed by atoms with van der Waals surface area (Å²) in [5.41, 5.74) is 6.55. The Morgan fingerprint density at radius 3 is 2.50 bits per heavy atom. The van der Waals surface area contributed by atoms with Crippen LogP contribution in [0.15, 0.2) is 30.3 Å². The maximum absolute atomic E-state index is 12.0. The van der Waals surface area contributed by atoms with E-state index < -0.39 is 0 Å². The molecule has 1 rings (SSSR count). The summed E-state index contributed by atoms with van der Waals surface area (Å²) in [6, 6.07) is 9.87. The predicted molar refractivity (Wildman–Crippen MR) is 66.1 cm³/mol. The van der Waals surface area contributed by atoms with Gasteiger partial charge >= 0.3 is 0 Å². The minimum absolute atomic E-state index is 0.0327. The minimum atomic E-state index is -0.0739. The van der Waals surface area contributed by atoms with Crippen molar-refractivity contribution in [3.63, 3.8) is 0 Å². The van der Waals surface area contributed by atoms with Crippen molar-refractivity contribution in [2.45, 2.75) is 32.2 Å². The molecule has 0 aliphatic carbocycles. The van der Waals surface area contributed by atoms with Crippen LogP contribution in [0, 0.1) is 0 Å². The van der Waals surface area contributed by atoms with E-state index >= 15 is 0 Å². The fourth-order valence-electron chi connectivity index (χ4n) is 1.66. The molecule has 1 aromatic rings. The van der Waals surface area contributed by atoms with Gasteiger partial charge in [0.2, 0.25) is 5.91 Å². The Morgan fingerprint density at radius 2 is 2.00 bits per heavy atom.